The van der Waals surface area contributed by atoms with Gasteiger partial charge in [0.25, 0.3) is 0 Å². The van der Waals surface area contributed by atoms with Crippen LogP contribution in [0.3, 0.4) is 0 Å². The summed E-state index contributed by atoms with van der Waals surface area (Å²) in [4.78, 5) is 27.5. The molecule has 0 fully saturated rings. The van der Waals surface area contributed by atoms with E-state index in [1.165, 1.54) is 26.2 Å². The number of fused-ring (bicyclic) bond motifs is 1. The Kier molecular flexibility index (Phi) is 6.39. The monoisotopic (exact) mass is 397 g/mol. The third-order valence-electron chi connectivity index (χ3n) is 3.88. The van der Waals surface area contributed by atoms with Gasteiger partial charge in [-0.1, -0.05) is 0 Å². The SMILES string of the molecule is CCOC(=O)NNC(=O)CCc1nc2cc(S(=O)(=O)N(C)C)ccc2n1C. The molecule has 0 saturated heterocycles. The predicted molar refractivity (Wildman–Crippen MR) is 98.2 cm³/mol. The number of hydrogen-bond donors (Lipinski definition) is 2. The van der Waals surface area contributed by atoms with Gasteiger partial charge in [-0.15, -0.1) is 0 Å². The molecule has 0 aliphatic rings. The first kappa shape index (κ1) is 20.6. The Morgan fingerprint density at radius 1 is 1.26 bits per heavy atom. The maximum atomic E-state index is 12.2. The maximum Gasteiger partial charge on any atom is 0.426 e. The van der Waals surface area contributed by atoms with Crippen molar-refractivity contribution in [3.05, 3.63) is 24.0 Å². The summed E-state index contributed by atoms with van der Waals surface area (Å²) >= 11 is 0. The lowest BCUT2D eigenvalue weighted by molar-refractivity contribution is -0.121. The van der Waals surface area contributed by atoms with E-state index in [9.17, 15) is 18.0 Å². The van der Waals surface area contributed by atoms with Gasteiger partial charge in [-0.25, -0.2) is 27.9 Å². The van der Waals surface area contributed by atoms with E-state index in [4.69, 9.17) is 0 Å². The molecule has 2 amide bonds. The molecule has 148 valence electrons. The Morgan fingerprint density at radius 3 is 2.59 bits per heavy atom. The van der Waals surface area contributed by atoms with Gasteiger partial charge in [0.1, 0.15) is 5.82 Å². The van der Waals surface area contributed by atoms with Crippen LogP contribution in [0.2, 0.25) is 0 Å². The van der Waals surface area contributed by atoms with Crippen LogP contribution in [0.5, 0.6) is 0 Å². The number of amides is 2. The number of aromatic nitrogens is 2. The smallest absolute Gasteiger partial charge is 0.426 e. The Bertz CT molecular complexity index is 952. The quantitative estimate of drug-likeness (QED) is 0.686. The summed E-state index contributed by atoms with van der Waals surface area (Å²) in [7, 11) is 1.17. The van der Waals surface area contributed by atoms with Crippen LogP contribution in [-0.4, -0.2) is 55.0 Å². The number of imidazole rings is 1. The van der Waals surface area contributed by atoms with E-state index < -0.39 is 22.0 Å². The molecule has 0 unspecified atom stereocenters. The number of nitrogens with zero attached hydrogens (tertiary/aromatic N) is 3. The molecule has 1 aromatic carbocycles. The first-order valence-corrected chi connectivity index (χ1v) is 9.70. The van der Waals surface area contributed by atoms with Crippen LogP contribution in [0.1, 0.15) is 19.2 Å². The molecular formula is C16H23N5O5S. The fraction of sp³-hybridized carbons (Fsp3) is 0.438. The van der Waals surface area contributed by atoms with Crippen molar-refractivity contribution < 1.29 is 22.7 Å². The summed E-state index contributed by atoms with van der Waals surface area (Å²) in [5.74, 6) is 0.224. The second-order valence-electron chi connectivity index (χ2n) is 5.92. The average Bonchev–Trinajstić information content (AvgIpc) is 2.93. The summed E-state index contributed by atoms with van der Waals surface area (Å²) in [6, 6.07) is 4.72. The summed E-state index contributed by atoms with van der Waals surface area (Å²) in [6.45, 7) is 1.86. The van der Waals surface area contributed by atoms with E-state index in [1.807, 2.05) is 0 Å². The highest BCUT2D eigenvalue weighted by Crippen LogP contribution is 2.21. The molecule has 0 aliphatic heterocycles. The van der Waals surface area contributed by atoms with Crippen molar-refractivity contribution in [1.82, 2.24) is 24.7 Å². The molecule has 0 radical (unpaired) electrons. The van der Waals surface area contributed by atoms with Crippen LogP contribution < -0.4 is 10.9 Å². The second kappa shape index (κ2) is 8.35. The molecule has 10 nitrogen and oxygen atoms in total. The Hall–Kier alpha value is -2.66. The Morgan fingerprint density at radius 2 is 1.96 bits per heavy atom. The fourth-order valence-corrected chi connectivity index (χ4v) is 3.32. The predicted octanol–water partition coefficient (Wildman–Crippen LogP) is 0.534. The van der Waals surface area contributed by atoms with E-state index >= 15 is 0 Å². The molecule has 0 aliphatic carbocycles. The molecule has 0 spiro atoms. The van der Waals surface area contributed by atoms with Crippen molar-refractivity contribution in [3.8, 4) is 0 Å². The van der Waals surface area contributed by atoms with Crippen molar-refractivity contribution in [1.29, 1.82) is 0 Å². The zero-order chi connectivity index (χ0) is 20.2. The van der Waals surface area contributed by atoms with Gasteiger partial charge in [-0.05, 0) is 25.1 Å². The number of aryl methyl sites for hydroxylation is 2. The van der Waals surface area contributed by atoms with Gasteiger partial charge in [0, 0.05) is 34.0 Å². The molecule has 0 bridgehead atoms. The van der Waals surface area contributed by atoms with Gasteiger partial charge >= 0.3 is 6.09 Å². The van der Waals surface area contributed by atoms with Gasteiger partial charge in [0.2, 0.25) is 15.9 Å². The molecule has 11 heteroatoms. The number of ether oxygens (including phenoxy) is 1. The lowest BCUT2D eigenvalue weighted by atomic mass is 10.3. The Balaban J connectivity index is 2.10. The van der Waals surface area contributed by atoms with Crippen molar-refractivity contribution in [2.45, 2.75) is 24.7 Å². The molecule has 2 rings (SSSR count). The normalized spacial score (nSPS) is 11.6. The molecule has 0 saturated carbocycles. The number of nitrogens with one attached hydrogen (secondary N) is 2. The minimum atomic E-state index is -3.55. The van der Waals surface area contributed by atoms with Crippen LogP contribution in [0, 0.1) is 0 Å². The first-order valence-electron chi connectivity index (χ1n) is 8.26. The highest BCUT2D eigenvalue weighted by Gasteiger charge is 2.19. The molecule has 27 heavy (non-hydrogen) atoms. The van der Waals surface area contributed by atoms with Gasteiger partial charge in [0.05, 0.1) is 22.5 Å². The van der Waals surface area contributed by atoms with E-state index in [1.54, 1.807) is 24.6 Å². The van der Waals surface area contributed by atoms with Gasteiger partial charge in [-0.2, -0.15) is 0 Å². The number of carbonyl (C=O) groups is 2. The lowest BCUT2D eigenvalue weighted by Gasteiger charge is -2.10. The van der Waals surface area contributed by atoms with Crippen LogP contribution in [0.25, 0.3) is 11.0 Å². The summed E-state index contributed by atoms with van der Waals surface area (Å²) < 4.78 is 32.1. The lowest BCUT2D eigenvalue weighted by Crippen LogP contribution is -2.42. The number of benzene rings is 1. The number of sulfonamides is 1. The molecule has 2 N–H and O–H groups in total. The molecule has 1 heterocycles. The van der Waals surface area contributed by atoms with Crippen LogP contribution >= 0.6 is 0 Å². The highest BCUT2D eigenvalue weighted by atomic mass is 32.2. The highest BCUT2D eigenvalue weighted by molar-refractivity contribution is 7.89. The van der Waals surface area contributed by atoms with Crippen molar-refractivity contribution in [3.63, 3.8) is 0 Å². The van der Waals surface area contributed by atoms with Gasteiger partial charge in [0.15, 0.2) is 0 Å². The van der Waals surface area contributed by atoms with E-state index in [0.29, 0.717) is 17.8 Å². The van der Waals surface area contributed by atoms with Crippen LogP contribution in [0.4, 0.5) is 4.79 Å². The second-order valence-corrected chi connectivity index (χ2v) is 8.07. The number of hydrazine groups is 1. The Labute approximate surface area is 157 Å². The van der Waals surface area contributed by atoms with Crippen LogP contribution in [-0.2, 0) is 33.0 Å². The van der Waals surface area contributed by atoms with Crippen molar-refractivity contribution in [2.75, 3.05) is 20.7 Å². The number of hydrogen-bond acceptors (Lipinski definition) is 6. The molecule has 0 atom stereocenters. The topological polar surface area (TPSA) is 123 Å². The zero-order valence-corrected chi connectivity index (χ0v) is 16.5. The minimum Gasteiger partial charge on any atom is -0.449 e. The molecule has 1 aromatic heterocycles. The number of rotatable bonds is 6. The molecule has 2 aromatic rings. The van der Waals surface area contributed by atoms with E-state index in [2.05, 4.69) is 20.6 Å². The standard InChI is InChI=1S/C16H23N5O5S/c1-5-26-16(23)19-18-15(22)9-8-14-17-12-10-11(27(24,25)20(2)3)6-7-13(12)21(14)4/h6-7,10H,5,8-9H2,1-4H3,(H,18,22)(H,19,23). The minimum absolute atomic E-state index is 0.0897. The summed E-state index contributed by atoms with van der Waals surface area (Å²) in [5.41, 5.74) is 5.67. The average molecular weight is 397 g/mol. The third-order valence-corrected chi connectivity index (χ3v) is 5.69. The zero-order valence-electron chi connectivity index (χ0n) is 15.6. The molecular weight excluding hydrogens is 374 g/mol. The van der Waals surface area contributed by atoms with E-state index in [-0.39, 0.29) is 17.9 Å². The van der Waals surface area contributed by atoms with Gasteiger partial charge < -0.3 is 9.30 Å². The van der Waals surface area contributed by atoms with Crippen LogP contribution in [0.15, 0.2) is 23.1 Å². The largest absolute Gasteiger partial charge is 0.449 e. The number of carbonyl (C=O) groups excluding carboxylic acids is 2. The maximum absolute atomic E-state index is 12.2. The van der Waals surface area contributed by atoms with Crippen molar-refractivity contribution in [2.24, 2.45) is 7.05 Å². The van der Waals surface area contributed by atoms with Crippen molar-refractivity contribution >= 4 is 33.1 Å². The third kappa shape index (κ3) is 4.74. The van der Waals surface area contributed by atoms with Gasteiger partial charge in [-0.3, -0.25) is 10.2 Å². The first-order chi connectivity index (χ1) is 12.7. The summed E-state index contributed by atoms with van der Waals surface area (Å²) in [6.07, 6.45) is -0.327. The van der Waals surface area contributed by atoms with E-state index in [0.717, 1.165) is 9.82 Å². The fourth-order valence-electron chi connectivity index (χ4n) is 2.40. The summed E-state index contributed by atoms with van der Waals surface area (Å²) in [5, 5.41) is 0.